The number of carbonyl (C=O) groups excluding carboxylic acids is 4. The maximum Gasteiger partial charge on any atom is 0.255 e. The number of phenols is 1. The van der Waals surface area contributed by atoms with Gasteiger partial charge in [0, 0.05) is 35.1 Å². The number of aromatic hydroxyl groups is 1. The molecule has 1 aromatic carbocycles. The summed E-state index contributed by atoms with van der Waals surface area (Å²) in [6.45, 7) is 5.32. The van der Waals surface area contributed by atoms with Gasteiger partial charge >= 0.3 is 0 Å². The van der Waals surface area contributed by atoms with E-state index in [1.54, 1.807) is 0 Å². The summed E-state index contributed by atoms with van der Waals surface area (Å²) < 4.78 is 15.1. The van der Waals surface area contributed by atoms with Crippen molar-refractivity contribution in [3.05, 3.63) is 45.7 Å². The van der Waals surface area contributed by atoms with Crippen LogP contribution in [-0.2, 0) is 20.8 Å². The molecule has 1 aromatic rings. The minimum absolute atomic E-state index is 0.111. The van der Waals surface area contributed by atoms with Crippen LogP contribution in [0.2, 0.25) is 0 Å². The Morgan fingerprint density at radius 1 is 1.19 bits per heavy atom. The summed E-state index contributed by atoms with van der Waals surface area (Å²) in [5, 5.41) is 48.5. The van der Waals surface area contributed by atoms with Crippen LogP contribution < -0.4 is 16.4 Å². The molecule has 8 N–H and O–H groups in total. The number of hydrogen-bond donors (Lipinski definition) is 7. The van der Waals surface area contributed by atoms with E-state index in [0.717, 1.165) is 6.07 Å². The van der Waals surface area contributed by atoms with E-state index in [1.807, 2.05) is 20.8 Å². The molecule has 0 aliphatic heterocycles. The number of aliphatic hydroxyl groups is 3. The molecule has 3 atom stereocenters. The van der Waals surface area contributed by atoms with Gasteiger partial charge in [-0.25, -0.2) is 4.39 Å². The highest BCUT2D eigenvalue weighted by Crippen LogP contribution is 2.52. The zero-order valence-corrected chi connectivity index (χ0v) is 20.4. The number of allylic oxidation sites excluding steroid dienone is 2. The lowest BCUT2D eigenvalue weighted by Gasteiger charge is -2.45. The predicted octanol–water partition coefficient (Wildman–Crippen LogP) is 1.05. The number of carbonyl (C=O) groups is 4. The fourth-order valence-corrected chi connectivity index (χ4v) is 5.28. The van der Waals surface area contributed by atoms with Crippen LogP contribution in [0.5, 0.6) is 5.75 Å². The first kappa shape index (κ1) is 26.3. The number of primary amides is 1. The number of phenolic OH excluding ortho intramolecular Hbond substituents is 1. The van der Waals surface area contributed by atoms with E-state index in [4.69, 9.17) is 5.73 Å². The first-order valence-corrected chi connectivity index (χ1v) is 11.6. The minimum atomic E-state index is -2.71. The van der Waals surface area contributed by atoms with Gasteiger partial charge in [-0.3, -0.25) is 19.2 Å². The van der Waals surface area contributed by atoms with Crippen molar-refractivity contribution in [1.29, 1.82) is 0 Å². The number of ketones is 2. The van der Waals surface area contributed by atoms with Crippen molar-refractivity contribution in [2.24, 2.45) is 17.6 Å². The van der Waals surface area contributed by atoms with Gasteiger partial charge in [0.2, 0.25) is 11.7 Å². The summed E-state index contributed by atoms with van der Waals surface area (Å²) in [4.78, 5) is 50.5. The third-order valence-corrected chi connectivity index (χ3v) is 7.06. The molecule has 3 aliphatic rings. The Kier molecular flexibility index (Phi) is 6.16. The molecule has 0 saturated carbocycles. The highest BCUT2D eigenvalue weighted by Gasteiger charge is 2.59. The topological polar surface area (TPSA) is 199 Å². The van der Waals surface area contributed by atoms with Gasteiger partial charge in [-0.2, -0.15) is 0 Å². The van der Waals surface area contributed by atoms with Crippen LogP contribution in [-0.4, -0.2) is 61.5 Å². The number of amides is 2. The van der Waals surface area contributed by atoms with Gasteiger partial charge in [-0.1, -0.05) is 0 Å². The van der Waals surface area contributed by atoms with Crippen LogP contribution in [0.3, 0.4) is 0 Å². The lowest BCUT2D eigenvalue weighted by Crippen LogP contribution is -2.57. The molecule has 12 heteroatoms. The molecule has 0 aromatic heterocycles. The quantitative estimate of drug-likeness (QED) is 0.225. The molecule has 0 heterocycles. The van der Waals surface area contributed by atoms with Crippen LogP contribution in [0.4, 0.5) is 10.1 Å². The SMILES string of the molecule is CC(C)(C)NCC(=O)Nc1cc(F)c2c(c1O)C(=O)C1=C(O)[C@]3(O)C(=O)C(C(N)=O)=C(O)C[C@@H]3CC1C2. The predicted molar refractivity (Wildman–Crippen MR) is 127 cm³/mol. The van der Waals surface area contributed by atoms with E-state index >= 15 is 4.39 Å². The monoisotopic (exact) mass is 517 g/mol. The summed E-state index contributed by atoms with van der Waals surface area (Å²) in [6.07, 6.45) is -0.662. The van der Waals surface area contributed by atoms with E-state index in [9.17, 15) is 39.6 Å². The van der Waals surface area contributed by atoms with Crippen molar-refractivity contribution in [3.63, 3.8) is 0 Å². The Bertz CT molecular complexity index is 1330. The first-order valence-electron chi connectivity index (χ1n) is 11.6. The Morgan fingerprint density at radius 3 is 2.43 bits per heavy atom. The van der Waals surface area contributed by atoms with Gasteiger partial charge in [0.05, 0.1) is 17.8 Å². The van der Waals surface area contributed by atoms with Crippen molar-refractivity contribution < 1.29 is 44.0 Å². The van der Waals surface area contributed by atoms with Crippen LogP contribution in [0, 0.1) is 17.7 Å². The average molecular weight is 518 g/mol. The minimum Gasteiger partial charge on any atom is -0.511 e. The number of fused-ring (bicyclic) bond motifs is 3. The lowest BCUT2D eigenvalue weighted by atomic mass is 9.60. The number of nitrogens with two attached hydrogens (primary N) is 1. The van der Waals surface area contributed by atoms with Gasteiger partial charge in [0.1, 0.15) is 22.9 Å². The maximum absolute atomic E-state index is 15.1. The number of aliphatic hydroxyl groups excluding tert-OH is 2. The zero-order chi connectivity index (χ0) is 27.6. The molecule has 3 aliphatic carbocycles. The second-order valence-electron chi connectivity index (χ2n) is 10.7. The van der Waals surface area contributed by atoms with Crippen molar-refractivity contribution in [2.75, 3.05) is 11.9 Å². The first-order chi connectivity index (χ1) is 17.1. The Labute approximate surface area is 210 Å². The average Bonchev–Trinajstić information content (AvgIpc) is 2.77. The lowest BCUT2D eigenvalue weighted by molar-refractivity contribution is -0.144. The number of benzene rings is 1. The van der Waals surface area contributed by atoms with Gasteiger partial charge in [-0.15, -0.1) is 0 Å². The third kappa shape index (κ3) is 4.15. The Morgan fingerprint density at radius 2 is 1.84 bits per heavy atom. The molecule has 0 radical (unpaired) electrons. The summed E-state index contributed by atoms with van der Waals surface area (Å²) in [6, 6.07) is 0.891. The van der Waals surface area contributed by atoms with Gasteiger partial charge < -0.3 is 36.8 Å². The van der Waals surface area contributed by atoms with Crippen LogP contribution >= 0.6 is 0 Å². The highest BCUT2D eigenvalue weighted by molar-refractivity contribution is 6.24. The van der Waals surface area contributed by atoms with Crippen molar-refractivity contribution in [2.45, 2.75) is 51.2 Å². The molecule has 0 bridgehead atoms. The number of hydrogen-bond acceptors (Lipinski definition) is 9. The third-order valence-electron chi connectivity index (χ3n) is 7.06. The van der Waals surface area contributed by atoms with Crippen molar-refractivity contribution in [3.8, 4) is 5.75 Å². The second kappa shape index (κ2) is 8.67. The number of nitrogens with one attached hydrogen (secondary N) is 2. The molecule has 0 spiro atoms. The summed E-state index contributed by atoms with van der Waals surface area (Å²) in [5.74, 6) is -9.57. The molecular formula is C25H28FN3O8. The van der Waals surface area contributed by atoms with Crippen molar-refractivity contribution in [1.82, 2.24) is 5.32 Å². The number of rotatable bonds is 4. The van der Waals surface area contributed by atoms with E-state index < -0.39 is 86.2 Å². The van der Waals surface area contributed by atoms with E-state index in [2.05, 4.69) is 10.6 Å². The molecule has 0 fully saturated rings. The maximum atomic E-state index is 15.1. The largest absolute Gasteiger partial charge is 0.511 e. The fourth-order valence-electron chi connectivity index (χ4n) is 5.28. The summed E-state index contributed by atoms with van der Waals surface area (Å²) in [7, 11) is 0. The zero-order valence-electron chi connectivity index (χ0n) is 20.4. The molecular weight excluding hydrogens is 489 g/mol. The number of anilines is 1. The molecule has 2 amide bonds. The molecule has 0 saturated heterocycles. The molecule has 198 valence electrons. The Hall–Kier alpha value is -3.77. The second-order valence-corrected chi connectivity index (χ2v) is 10.7. The van der Waals surface area contributed by atoms with Gasteiger partial charge in [0.15, 0.2) is 17.1 Å². The van der Waals surface area contributed by atoms with Crippen LogP contribution in [0.25, 0.3) is 0 Å². The molecule has 1 unspecified atom stereocenters. The van der Waals surface area contributed by atoms with E-state index in [0.29, 0.717) is 0 Å². The van der Waals surface area contributed by atoms with Crippen LogP contribution in [0.1, 0.15) is 49.5 Å². The smallest absolute Gasteiger partial charge is 0.255 e. The standard InChI is InChI=1S/C25H28FN3O8/c1-24(2,3)28-8-15(31)29-13-7-12(26)11-5-9-4-10-6-14(30)18(23(27)36)22(35)25(10,37)21(34)16(9)20(33)17(11)19(13)32/h7,9-10,28,30,32,34,37H,4-6,8H2,1-3H3,(H2,27,36)(H,29,31)/t9?,10-,25-/m0/s1. The fraction of sp³-hybridized carbons (Fsp3) is 0.440. The summed E-state index contributed by atoms with van der Waals surface area (Å²) in [5.41, 5.74) is -0.279. The van der Waals surface area contributed by atoms with Gasteiger partial charge in [0.25, 0.3) is 5.91 Å². The Balaban J connectivity index is 1.76. The summed E-state index contributed by atoms with van der Waals surface area (Å²) >= 11 is 0. The van der Waals surface area contributed by atoms with Crippen molar-refractivity contribution >= 4 is 29.1 Å². The van der Waals surface area contributed by atoms with E-state index in [1.165, 1.54) is 0 Å². The molecule has 4 rings (SSSR count). The highest BCUT2D eigenvalue weighted by atomic mass is 19.1. The van der Waals surface area contributed by atoms with E-state index in [-0.39, 0.29) is 37.1 Å². The number of Topliss-reactive ketones (excluding diaryl/α,β-unsaturated/α-hetero) is 2. The van der Waals surface area contributed by atoms with Crippen LogP contribution in [0.15, 0.2) is 28.7 Å². The normalized spacial score (nSPS) is 25.4. The molecule has 37 heavy (non-hydrogen) atoms. The molecule has 11 nitrogen and oxygen atoms in total. The van der Waals surface area contributed by atoms with Gasteiger partial charge in [-0.05, 0) is 39.5 Å². The number of halogens is 1.